The van der Waals surface area contributed by atoms with Crippen molar-refractivity contribution in [3.63, 3.8) is 0 Å². The first-order chi connectivity index (χ1) is 16.6. The fraction of sp³-hybridized carbons (Fsp3) is 0.231. The zero-order valence-electron chi connectivity index (χ0n) is 19.2. The number of amides is 2. The Labute approximate surface area is 198 Å². The van der Waals surface area contributed by atoms with Crippen LogP contribution in [0.4, 0.5) is 5.69 Å². The summed E-state index contributed by atoms with van der Waals surface area (Å²) < 4.78 is 6.64. The molecular formula is C26H27N5O3. The molecule has 0 saturated heterocycles. The molecule has 0 aliphatic heterocycles. The van der Waals surface area contributed by atoms with E-state index < -0.39 is 6.04 Å². The van der Waals surface area contributed by atoms with E-state index in [0.717, 1.165) is 11.1 Å². The molecule has 0 bridgehead atoms. The van der Waals surface area contributed by atoms with E-state index in [1.807, 2.05) is 85.8 Å². The number of rotatable bonds is 9. The zero-order chi connectivity index (χ0) is 23.9. The van der Waals surface area contributed by atoms with Crippen LogP contribution in [-0.4, -0.2) is 47.1 Å². The van der Waals surface area contributed by atoms with Gasteiger partial charge in [-0.3, -0.25) is 14.5 Å². The Morgan fingerprint density at radius 1 is 1.00 bits per heavy atom. The Hall–Kier alpha value is -4.04. The van der Waals surface area contributed by atoms with E-state index in [2.05, 4.69) is 15.6 Å². The molecule has 8 heteroatoms. The molecule has 0 radical (unpaired) electrons. The molecule has 0 spiro atoms. The molecule has 2 amide bonds. The van der Waals surface area contributed by atoms with Gasteiger partial charge in [0.25, 0.3) is 0 Å². The second-order valence-electron chi connectivity index (χ2n) is 7.93. The summed E-state index contributed by atoms with van der Waals surface area (Å²) in [6.07, 6.45) is 0. The third-order valence-corrected chi connectivity index (χ3v) is 5.51. The lowest BCUT2D eigenvalue weighted by atomic mass is 10.0. The first-order valence-corrected chi connectivity index (χ1v) is 11.1. The van der Waals surface area contributed by atoms with E-state index in [9.17, 15) is 9.59 Å². The number of hydrogen-bond donors (Lipinski definition) is 1. The number of carbonyl (C=O) groups excluding carboxylic acids is 2. The molecule has 1 heterocycles. The maximum atomic E-state index is 13.8. The second kappa shape index (κ2) is 10.7. The average Bonchev–Trinajstić information content (AvgIpc) is 3.26. The number of carbonyl (C=O) groups is 2. The number of aryl methyl sites for hydroxylation is 1. The quantitative estimate of drug-likeness (QED) is 0.390. The van der Waals surface area contributed by atoms with Gasteiger partial charge in [-0.15, -0.1) is 5.10 Å². The Bertz CT molecular complexity index is 1250. The van der Waals surface area contributed by atoms with Crippen molar-refractivity contribution in [2.75, 3.05) is 25.2 Å². The molecule has 34 heavy (non-hydrogen) atoms. The van der Waals surface area contributed by atoms with Gasteiger partial charge in [0.2, 0.25) is 11.8 Å². The highest BCUT2D eigenvalue weighted by molar-refractivity contribution is 6.01. The van der Waals surface area contributed by atoms with Crippen LogP contribution in [0.5, 0.6) is 0 Å². The van der Waals surface area contributed by atoms with Gasteiger partial charge >= 0.3 is 0 Å². The van der Waals surface area contributed by atoms with Gasteiger partial charge in [-0.05, 0) is 36.8 Å². The second-order valence-corrected chi connectivity index (χ2v) is 7.93. The van der Waals surface area contributed by atoms with E-state index in [4.69, 9.17) is 4.74 Å². The molecule has 1 unspecified atom stereocenters. The Kier molecular flexibility index (Phi) is 7.29. The van der Waals surface area contributed by atoms with Crippen molar-refractivity contribution in [3.8, 4) is 0 Å². The van der Waals surface area contributed by atoms with Crippen LogP contribution < -0.4 is 10.2 Å². The third kappa shape index (κ3) is 5.13. The van der Waals surface area contributed by atoms with Gasteiger partial charge in [-0.1, -0.05) is 65.4 Å². The summed E-state index contributed by atoms with van der Waals surface area (Å²) in [5.41, 5.74) is 3.84. The number of para-hydroxylation sites is 2. The molecule has 3 aromatic carbocycles. The molecule has 1 N–H and O–H groups in total. The number of anilines is 1. The standard InChI is InChI=1S/C26H27N5O3/c1-19-12-14-20(15-13-19)25(26(33)27-16-17-34-2)31(21-8-4-3-5-9-21)24(32)18-30-23-11-7-6-10-22(23)28-29-30/h3-15,25H,16-18H2,1-2H3,(H,27,33). The molecule has 0 saturated carbocycles. The number of benzene rings is 3. The van der Waals surface area contributed by atoms with Gasteiger partial charge in [0, 0.05) is 19.3 Å². The Balaban J connectivity index is 1.75. The van der Waals surface area contributed by atoms with Crippen molar-refractivity contribution in [1.82, 2.24) is 20.3 Å². The number of aromatic nitrogens is 3. The highest BCUT2D eigenvalue weighted by Gasteiger charge is 2.33. The van der Waals surface area contributed by atoms with Gasteiger partial charge < -0.3 is 10.1 Å². The minimum atomic E-state index is -0.873. The van der Waals surface area contributed by atoms with Crippen molar-refractivity contribution in [2.45, 2.75) is 19.5 Å². The van der Waals surface area contributed by atoms with Gasteiger partial charge in [-0.2, -0.15) is 0 Å². The number of methoxy groups -OCH3 is 1. The van der Waals surface area contributed by atoms with Crippen molar-refractivity contribution in [2.24, 2.45) is 0 Å². The summed E-state index contributed by atoms with van der Waals surface area (Å²) in [5, 5.41) is 11.2. The van der Waals surface area contributed by atoms with Crippen LogP contribution in [0.3, 0.4) is 0 Å². The van der Waals surface area contributed by atoms with Crippen LogP contribution in [0.2, 0.25) is 0 Å². The smallest absolute Gasteiger partial charge is 0.249 e. The number of fused-ring (bicyclic) bond motifs is 1. The maximum absolute atomic E-state index is 13.8. The van der Waals surface area contributed by atoms with E-state index in [1.54, 1.807) is 11.8 Å². The first kappa shape index (κ1) is 23.1. The highest BCUT2D eigenvalue weighted by atomic mass is 16.5. The molecule has 1 aromatic heterocycles. The van der Waals surface area contributed by atoms with Crippen molar-refractivity contribution < 1.29 is 14.3 Å². The summed E-state index contributed by atoms with van der Waals surface area (Å²) in [7, 11) is 1.58. The van der Waals surface area contributed by atoms with E-state index >= 15 is 0 Å². The fourth-order valence-electron chi connectivity index (χ4n) is 3.80. The average molecular weight is 458 g/mol. The molecule has 0 aliphatic carbocycles. The lowest BCUT2D eigenvalue weighted by Crippen LogP contribution is -2.46. The van der Waals surface area contributed by atoms with Crippen molar-refractivity contribution in [1.29, 1.82) is 0 Å². The summed E-state index contributed by atoms with van der Waals surface area (Å²) in [6, 6.07) is 23.4. The van der Waals surface area contributed by atoms with E-state index in [-0.39, 0.29) is 18.4 Å². The normalized spacial score (nSPS) is 11.8. The number of nitrogens with zero attached hydrogens (tertiary/aromatic N) is 4. The molecule has 0 aliphatic rings. The van der Waals surface area contributed by atoms with E-state index in [0.29, 0.717) is 29.9 Å². The van der Waals surface area contributed by atoms with Crippen LogP contribution in [0.25, 0.3) is 11.0 Å². The predicted molar refractivity (Wildman–Crippen MR) is 130 cm³/mol. The van der Waals surface area contributed by atoms with Gasteiger partial charge in [0.15, 0.2) is 0 Å². The van der Waals surface area contributed by atoms with Gasteiger partial charge in [0.1, 0.15) is 18.1 Å². The summed E-state index contributed by atoms with van der Waals surface area (Å²) in [5.74, 6) is -0.573. The fourth-order valence-corrected chi connectivity index (χ4v) is 3.80. The molecule has 8 nitrogen and oxygen atoms in total. The molecule has 174 valence electrons. The zero-order valence-corrected chi connectivity index (χ0v) is 19.2. The molecule has 0 fully saturated rings. The van der Waals surface area contributed by atoms with Crippen LogP contribution in [0, 0.1) is 6.92 Å². The van der Waals surface area contributed by atoms with Crippen LogP contribution in [0.1, 0.15) is 17.2 Å². The monoisotopic (exact) mass is 457 g/mol. The first-order valence-electron chi connectivity index (χ1n) is 11.1. The van der Waals surface area contributed by atoms with Crippen LogP contribution in [0.15, 0.2) is 78.9 Å². The van der Waals surface area contributed by atoms with E-state index in [1.165, 1.54) is 4.90 Å². The molecule has 4 aromatic rings. The van der Waals surface area contributed by atoms with Crippen molar-refractivity contribution in [3.05, 3.63) is 90.0 Å². The largest absolute Gasteiger partial charge is 0.383 e. The molecule has 1 atom stereocenters. The highest BCUT2D eigenvalue weighted by Crippen LogP contribution is 2.29. The maximum Gasteiger partial charge on any atom is 0.249 e. The Morgan fingerprint density at radius 2 is 1.71 bits per heavy atom. The van der Waals surface area contributed by atoms with Crippen molar-refractivity contribution >= 4 is 28.5 Å². The number of ether oxygens (including phenoxy) is 1. The summed E-state index contributed by atoms with van der Waals surface area (Å²) >= 11 is 0. The number of nitrogens with one attached hydrogen (secondary N) is 1. The lowest BCUT2D eigenvalue weighted by Gasteiger charge is -2.31. The third-order valence-electron chi connectivity index (χ3n) is 5.51. The topological polar surface area (TPSA) is 89.4 Å². The van der Waals surface area contributed by atoms with Gasteiger partial charge in [-0.25, -0.2) is 4.68 Å². The summed E-state index contributed by atoms with van der Waals surface area (Å²) in [4.78, 5) is 28.8. The SMILES string of the molecule is COCCNC(=O)C(c1ccc(C)cc1)N(C(=O)Cn1nnc2ccccc21)c1ccccc1. The van der Waals surface area contributed by atoms with Crippen LogP contribution in [-0.2, 0) is 20.9 Å². The number of hydrogen-bond acceptors (Lipinski definition) is 5. The predicted octanol–water partition coefficient (Wildman–Crippen LogP) is 3.28. The lowest BCUT2D eigenvalue weighted by molar-refractivity contribution is -0.127. The van der Waals surface area contributed by atoms with Crippen LogP contribution >= 0.6 is 0 Å². The minimum Gasteiger partial charge on any atom is -0.383 e. The van der Waals surface area contributed by atoms with Gasteiger partial charge in [0.05, 0.1) is 12.1 Å². The molecule has 4 rings (SSSR count). The summed E-state index contributed by atoms with van der Waals surface area (Å²) in [6.45, 7) is 2.62. The minimum absolute atomic E-state index is 0.0663. The Morgan fingerprint density at radius 3 is 2.44 bits per heavy atom. The molecular weight excluding hydrogens is 430 g/mol.